The van der Waals surface area contributed by atoms with Crippen LogP contribution in [0.3, 0.4) is 0 Å². The quantitative estimate of drug-likeness (QED) is 0.841. The molecule has 3 nitrogen and oxygen atoms in total. The molecular weight excluding hydrogens is 207 g/mol. The fourth-order valence-corrected chi connectivity index (χ4v) is 1.16. The fraction of sp³-hybridized carbons (Fsp3) is 0.167. The molecule has 0 saturated carbocycles. The van der Waals surface area contributed by atoms with E-state index in [1.54, 1.807) is 12.2 Å². The van der Waals surface area contributed by atoms with Crippen LogP contribution >= 0.6 is 0 Å². The van der Waals surface area contributed by atoms with Crippen molar-refractivity contribution in [3.05, 3.63) is 41.2 Å². The number of nitrogens with one attached hydrogen (secondary N) is 1. The van der Waals surface area contributed by atoms with E-state index < -0.39 is 5.82 Å². The Hall–Kier alpha value is -2.15. The minimum atomic E-state index is -0.435. The number of nitriles is 1. The van der Waals surface area contributed by atoms with E-state index in [2.05, 4.69) is 5.32 Å². The van der Waals surface area contributed by atoms with Gasteiger partial charge in [0.25, 0.3) is 0 Å². The molecule has 0 unspecified atom stereocenters. The van der Waals surface area contributed by atoms with Crippen molar-refractivity contribution in [1.82, 2.24) is 5.32 Å². The fourth-order valence-electron chi connectivity index (χ4n) is 1.16. The summed E-state index contributed by atoms with van der Waals surface area (Å²) in [6.45, 7) is 1.81. The average molecular weight is 218 g/mol. The second kappa shape index (κ2) is 5.66. The third-order valence-electron chi connectivity index (χ3n) is 1.90. The highest BCUT2D eigenvalue weighted by atomic mass is 19.1. The molecule has 0 heterocycles. The average Bonchev–Trinajstić information content (AvgIpc) is 2.25. The maximum Gasteiger partial charge on any atom is 0.217 e. The van der Waals surface area contributed by atoms with Crippen molar-refractivity contribution in [2.45, 2.75) is 6.92 Å². The van der Waals surface area contributed by atoms with Gasteiger partial charge in [0.15, 0.2) is 0 Å². The minimum Gasteiger partial charge on any atom is -0.353 e. The summed E-state index contributed by atoms with van der Waals surface area (Å²) in [7, 11) is 0. The maximum absolute atomic E-state index is 12.8. The molecule has 1 amide bonds. The Labute approximate surface area is 93.2 Å². The number of carbonyl (C=O) groups excluding carboxylic acids is 1. The van der Waals surface area contributed by atoms with Crippen molar-refractivity contribution >= 4 is 12.0 Å². The van der Waals surface area contributed by atoms with Gasteiger partial charge in [-0.2, -0.15) is 5.26 Å². The lowest BCUT2D eigenvalue weighted by Gasteiger charge is -1.98. The SMILES string of the molecule is CC(=O)NCC=Cc1ccc(F)cc1C#N. The van der Waals surface area contributed by atoms with Gasteiger partial charge >= 0.3 is 0 Å². The highest BCUT2D eigenvalue weighted by Crippen LogP contribution is 2.11. The summed E-state index contributed by atoms with van der Waals surface area (Å²) >= 11 is 0. The van der Waals surface area contributed by atoms with Crippen LogP contribution < -0.4 is 5.32 Å². The number of rotatable bonds is 3. The Kier molecular flexibility index (Phi) is 4.22. The zero-order valence-corrected chi connectivity index (χ0v) is 8.83. The number of carbonyl (C=O) groups is 1. The van der Waals surface area contributed by atoms with Crippen LogP contribution in [0.15, 0.2) is 24.3 Å². The van der Waals surface area contributed by atoms with Crippen LogP contribution in [-0.2, 0) is 4.79 Å². The van der Waals surface area contributed by atoms with Crippen molar-refractivity contribution in [2.75, 3.05) is 6.54 Å². The lowest BCUT2D eigenvalue weighted by molar-refractivity contribution is -0.118. The van der Waals surface area contributed by atoms with Crippen LogP contribution in [0.2, 0.25) is 0 Å². The molecule has 0 bridgehead atoms. The van der Waals surface area contributed by atoms with E-state index in [1.807, 2.05) is 6.07 Å². The molecule has 0 aliphatic rings. The van der Waals surface area contributed by atoms with Crippen molar-refractivity contribution in [2.24, 2.45) is 0 Å². The maximum atomic E-state index is 12.8. The van der Waals surface area contributed by atoms with Gasteiger partial charge in [0, 0.05) is 13.5 Å². The highest BCUT2D eigenvalue weighted by molar-refractivity contribution is 5.73. The van der Waals surface area contributed by atoms with Crippen molar-refractivity contribution in [1.29, 1.82) is 5.26 Å². The zero-order valence-electron chi connectivity index (χ0n) is 8.83. The molecule has 82 valence electrons. The number of halogens is 1. The summed E-state index contributed by atoms with van der Waals surface area (Å²) < 4.78 is 12.8. The molecule has 0 radical (unpaired) electrons. The Morgan fingerprint density at radius 1 is 1.62 bits per heavy atom. The van der Waals surface area contributed by atoms with Gasteiger partial charge in [-0.25, -0.2) is 4.39 Å². The molecule has 1 aromatic carbocycles. The Morgan fingerprint density at radius 3 is 3.00 bits per heavy atom. The summed E-state index contributed by atoms with van der Waals surface area (Å²) in [5, 5.41) is 11.3. The van der Waals surface area contributed by atoms with Crippen LogP contribution in [-0.4, -0.2) is 12.5 Å². The van der Waals surface area contributed by atoms with E-state index >= 15 is 0 Å². The number of hydrogen-bond donors (Lipinski definition) is 1. The molecular formula is C12H11FN2O. The van der Waals surface area contributed by atoms with Crippen molar-refractivity contribution in [3.63, 3.8) is 0 Å². The summed E-state index contributed by atoms with van der Waals surface area (Å²) in [6.07, 6.45) is 3.38. The van der Waals surface area contributed by atoms with E-state index in [-0.39, 0.29) is 11.5 Å². The third-order valence-corrected chi connectivity index (χ3v) is 1.90. The molecule has 0 aromatic heterocycles. The van der Waals surface area contributed by atoms with Gasteiger partial charge in [-0.15, -0.1) is 0 Å². The molecule has 4 heteroatoms. The molecule has 0 aliphatic heterocycles. The zero-order chi connectivity index (χ0) is 12.0. The van der Waals surface area contributed by atoms with E-state index in [0.717, 1.165) is 0 Å². The summed E-state index contributed by atoms with van der Waals surface area (Å²) in [4.78, 5) is 10.6. The van der Waals surface area contributed by atoms with Gasteiger partial charge < -0.3 is 5.32 Å². The first kappa shape index (κ1) is 11.9. The molecule has 0 saturated heterocycles. The number of amides is 1. The Morgan fingerprint density at radius 2 is 2.38 bits per heavy atom. The Bertz CT molecular complexity index is 461. The van der Waals surface area contributed by atoms with Crippen LogP contribution in [0.5, 0.6) is 0 Å². The summed E-state index contributed by atoms with van der Waals surface area (Å²) in [5.41, 5.74) is 0.910. The highest BCUT2D eigenvalue weighted by Gasteiger charge is 1.99. The molecule has 1 aromatic rings. The number of hydrogen-bond acceptors (Lipinski definition) is 2. The van der Waals surface area contributed by atoms with E-state index in [4.69, 9.17) is 5.26 Å². The predicted molar refractivity (Wildman–Crippen MR) is 58.8 cm³/mol. The molecule has 0 atom stereocenters. The van der Waals surface area contributed by atoms with Crippen molar-refractivity contribution in [3.8, 4) is 6.07 Å². The molecule has 1 rings (SSSR count). The first-order valence-electron chi connectivity index (χ1n) is 4.74. The summed E-state index contributed by atoms with van der Waals surface area (Å²) in [5.74, 6) is -0.556. The molecule has 1 N–H and O–H groups in total. The van der Waals surface area contributed by atoms with Crippen molar-refractivity contribution < 1.29 is 9.18 Å². The lowest BCUT2D eigenvalue weighted by atomic mass is 10.1. The monoisotopic (exact) mass is 218 g/mol. The topological polar surface area (TPSA) is 52.9 Å². The summed E-state index contributed by atoms with van der Waals surface area (Å²) in [6, 6.07) is 5.90. The van der Waals surface area contributed by atoms with E-state index in [0.29, 0.717) is 12.1 Å². The first-order chi connectivity index (χ1) is 7.63. The Balaban J connectivity index is 2.74. The lowest BCUT2D eigenvalue weighted by Crippen LogP contribution is -2.19. The van der Waals surface area contributed by atoms with Gasteiger partial charge in [0.2, 0.25) is 5.91 Å². The van der Waals surface area contributed by atoms with Gasteiger partial charge in [-0.05, 0) is 17.7 Å². The first-order valence-corrected chi connectivity index (χ1v) is 4.74. The van der Waals surface area contributed by atoms with Gasteiger partial charge in [-0.1, -0.05) is 18.2 Å². The second-order valence-corrected chi connectivity index (χ2v) is 3.18. The van der Waals surface area contributed by atoms with Gasteiger partial charge in [0.1, 0.15) is 5.82 Å². The van der Waals surface area contributed by atoms with Gasteiger partial charge in [-0.3, -0.25) is 4.79 Å². The van der Waals surface area contributed by atoms with Crippen LogP contribution in [0.4, 0.5) is 4.39 Å². The molecule has 0 fully saturated rings. The standard InChI is InChI=1S/C12H11FN2O/c1-9(16)15-6-2-3-10-4-5-12(13)7-11(10)8-14/h2-5,7H,6H2,1H3,(H,15,16). The largest absolute Gasteiger partial charge is 0.353 e. The van der Waals surface area contributed by atoms with Crippen LogP contribution in [0, 0.1) is 17.1 Å². The normalized spacial score (nSPS) is 10.1. The third kappa shape index (κ3) is 3.54. The number of benzene rings is 1. The predicted octanol–water partition coefficient (Wildman–Crippen LogP) is 1.85. The van der Waals surface area contributed by atoms with E-state index in [9.17, 15) is 9.18 Å². The minimum absolute atomic E-state index is 0.121. The molecule has 0 spiro atoms. The van der Waals surface area contributed by atoms with Crippen LogP contribution in [0.25, 0.3) is 6.08 Å². The van der Waals surface area contributed by atoms with Crippen LogP contribution in [0.1, 0.15) is 18.1 Å². The molecule has 0 aliphatic carbocycles. The van der Waals surface area contributed by atoms with Gasteiger partial charge in [0.05, 0.1) is 11.6 Å². The second-order valence-electron chi connectivity index (χ2n) is 3.18. The molecule has 16 heavy (non-hydrogen) atoms. The number of nitrogens with zero attached hydrogens (tertiary/aromatic N) is 1. The smallest absolute Gasteiger partial charge is 0.217 e. The van der Waals surface area contributed by atoms with E-state index in [1.165, 1.54) is 25.1 Å².